The number of anilines is 1. The second-order valence-electron chi connectivity index (χ2n) is 13.7. The number of pyridine rings is 1. The standard InChI is InChI=1S/C30H40N6O/c1-5-23(37)36-15-30(16-36)8-9-35(14-30)28-21(12-31)25(24-17(2)6-7-18-13-32-34-26(18)24)20-10-19-11-22(27(20)33-28)29(19,3)4/h5,17-19,22,24,26,32,34H,1,6-11,13-16H2,2-4H3/t17?,18?,19-,22-,24?,26?/m0/s1. The zero-order valence-electron chi connectivity index (χ0n) is 22.5. The number of carbonyl (C=O) groups is 1. The molecule has 196 valence electrons. The normalized spacial score (nSPS) is 36.3. The number of carbonyl (C=O) groups excluding carboxylic acids is 1. The maximum atomic E-state index is 12.1. The highest BCUT2D eigenvalue weighted by atomic mass is 16.2. The molecule has 2 N–H and O–H groups in total. The molecule has 7 nitrogen and oxygen atoms in total. The maximum absolute atomic E-state index is 12.1. The van der Waals surface area contributed by atoms with Crippen LogP contribution in [0.2, 0.25) is 0 Å². The summed E-state index contributed by atoms with van der Waals surface area (Å²) in [4.78, 5) is 21.8. The van der Waals surface area contributed by atoms with Gasteiger partial charge in [-0.15, -0.1) is 0 Å². The lowest BCUT2D eigenvalue weighted by Gasteiger charge is -2.57. The Morgan fingerprint density at radius 2 is 2.08 bits per heavy atom. The van der Waals surface area contributed by atoms with E-state index in [1.54, 1.807) is 0 Å². The fourth-order valence-corrected chi connectivity index (χ4v) is 9.04. The van der Waals surface area contributed by atoms with Gasteiger partial charge in [0.2, 0.25) is 5.91 Å². The monoisotopic (exact) mass is 500 g/mol. The van der Waals surface area contributed by atoms with Crippen LogP contribution >= 0.6 is 0 Å². The topological polar surface area (TPSA) is 84.3 Å². The van der Waals surface area contributed by atoms with E-state index in [1.165, 1.54) is 42.2 Å². The molecule has 1 aromatic heterocycles. The van der Waals surface area contributed by atoms with Crippen molar-refractivity contribution in [3.8, 4) is 6.07 Å². The van der Waals surface area contributed by atoms with Crippen LogP contribution in [-0.4, -0.2) is 54.6 Å². The highest BCUT2D eigenvalue weighted by Crippen LogP contribution is 2.63. The fraction of sp³-hybridized carbons (Fsp3) is 0.700. The van der Waals surface area contributed by atoms with Gasteiger partial charge in [0.1, 0.15) is 11.9 Å². The molecule has 7 heteroatoms. The van der Waals surface area contributed by atoms with E-state index < -0.39 is 0 Å². The number of hydrogen-bond acceptors (Lipinski definition) is 6. The zero-order chi connectivity index (χ0) is 25.7. The number of nitrogens with one attached hydrogen (secondary N) is 2. The van der Waals surface area contributed by atoms with E-state index in [1.807, 2.05) is 4.90 Å². The summed E-state index contributed by atoms with van der Waals surface area (Å²) in [5.41, 5.74) is 12.3. The minimum absolute atomic E-state index is 0.0243. The summed E-state index contributed by atoms with van der Waals surface area (Å²) in [5, 5.41) is 10.7. The molecular weight excluding hydrogens is 460 g/mol. The molecule has 3 aliphatic heterocycles. The van der Waals surface area contributed by atoms with Gasteiger partial charge in [-0.05, 0) is 72.5 Å². The van der Waals surface area contributed by atoms with Crippen LogP contribution in [0.15, 0.2) is 12.7 Å². The number of hydrogen-bond donors (Lipinski definition) is 2. The molecule has 8 rings (SSSR count). The van der Waals surface area contributed by atoms with Crippen LogP contribution < -0.4 is 15.8 Å². The third-order valence-electron chi connectivity index (χ3n) is 11.5. The Hall–Kier alpha value is -2.43. The van der Waals surface area contributed by atoms with Crippen LogP contribution in [0.25, 0.3) is 0 Å². The van der Waals surface area contributed by atoms with Crippen molar-refractivity contribution in [3.63, 3.8) is 0 Å². The largest absolute Gasteiger partial charge is 0.355 e. The number of likely N-dealkylation sites (tertiary alicyclic amines) is 1. The van der Waals surface area contributed by atoms with Crippen LogP contribution in [0.4, 0.5) is 5.82 Å². The van der Waals surface area contributed by atoms with Crippen molar-refractivity contribution in [2.45, 2.75) is 70.8 Å². The minimum atomic E-state index is 0.0243. The minimum Gasteiger partial charge on any atom is -0.355 e. The Morgan fingerprint density at radius 3 is 2.81 bits per heavy atom. The van der Waals surface area contributed by atoms with E-state index in [0.29, 0.717) is 35.6 Å². The molecule has 2 bridgehead atoms. The highest BCUT2D eigenvalue weighted by molar-refractivity contribution is 5.87. The molecule has 5 fully saturated rings. The summed E-state index contributed by atoms with van der Waals surface area (Å²) in [5.74, 6) is 3.59. The van der Waals surface area contributed by atoms with Gasteiger partial charge in [-0.3, -0.25) is 15.6 Å². The Labute approximate surface area is 220 Å². The SMILES string of the molecule is C=CC(=O)N1CC2(CCN(c3nc4c(c(C5C(C)CCC6CNNC65)c3C#N)C[C@H]3C[C@@H]4C3(C)C)C2)C1. The van der Waals surface area contributed by atoms with Gasteiger partial charge in [0.15, 0.2) is 0 Å². The number of fused-ring (bicyclic) bond motifs is 1. The van der Waals surface area contributed by atoms with Crippen LogP contribution in [-0.2, 0) is 11.2 Å². The van der Waals surface area contributed by atoms with Crippen LogP contribution in [0.1, 0.15) is 80.7 Å². The van der Waals surface area contributed by atoms with Crippen molar-refractivity contribution >= 4 is 11.7 Å². The van der Waals surface area contributed by atoms with Crippen LogP contribution in [0.5, 0.6) is 0 Å². The van der Waals surface area contributed by atoms with E-state index in [2.05, 4.69) is 49.2 Å². The van der Waals surface area contributed by atoms with E-state index in [9.17, 15) is 10.1 Å². The van der Waals surface area contributed by atoms with Gasteiger partial charge in [0.25, 0.3) is 0 Å². The average Bonchev–Trinajstić information content (AvgIpc) is 3.53. The quantitative estimate of drug-likeness (QED) is 0.619. The van der Waals surface area contributed by atoms with Crippen molar-refractivity contribution in [2.75, 3.05) is 37.6 Å². The number of nitrogens with zero attached hydrogens (tertiary/aromatic N) is 4. The first-order valence-corrected chi connectivity index (χ1v) is 14.4. The summed E-state index contributed by atoms with van der Waals surface area (Å²) in [6.07, 6.45) is 7.21. The molecular formula is C30H40N6O. The zero-order valence-corrected chi connectivity index (χ0v) is 22.5. The summed E-state index contributed by atoms with van der Waals surface area (Å²) in [6, 6.07) is 3.08. The third-order valence-corrected chi connectivity index (χ3v) is 11.5. The lowest BCUT2D eigenvalue weighted by atomic mass is 9.47. The summed E-state index contributed by atoms with van der Waals surface area (Å²) in [7, 11) is 0. The van der Waals surface area contributed by atoms with E-state index in [0.717, 1.165) is 56.9 Å². The molecule has 1 aromatic rings. The fourth-order valence-electron chi connectivity index (χ4n) is 9.04. The number of amides is 1. The Balaban J connectivity index is 1.32. The summed E-state index contributed by atoms with van der Waals surface area (Å²) >= 11 is 0. The first-order valence-electron chi connectivity index (χ1n) is 14.4. The van der Waals surface area contributed by atoms with E-state index >= 15 is 0 Å². The molecule has 2 saturated carbocycles. The number of hydrazine groups is 1. The Bertz CT molecular complexity index is 1210. The average molecular weight is 501 g/mol. The predicted octanol–water partition coefficient (Wildman–Crippen LogP) is 3.47. The molecule has 0 radical (unpaired) electrons. The lowest BCUT2D eigenvalue weighted by Crippen LogP contribution is -2.59. The van der Waals surface area contributed by atoms with Crippen LogP contribution in [0, 0.1) is 39.9 Å². The smallest absolute Gasteiger partial charge is 0.245 e. The second-order valence-corrected chi connectivity index (χ2v) is 13.7. The summed E-state index contributed by atoms with van der Waals surface area (Å²) in [6.45, 7) is 15.2. The number of aromatic nitrogens is 1. The van der Waals surface area contributed by atoms with Crippen molar-refractivity contribution < 1.29 is 4.79 Å². The molecule has 1 spiro atoms. The van der Waals surface area contributed by atoms with Crippen molar-refractivity contribution in [1.29, 1.82) is 5.26 Å². The summed E-state index contributed by atoms with van der Waals surface area (Å²) < 4.78 is 0. The predicted molar refractivity (Wildman–Crippen MR) is 143 cm³/mol. The first kappa shape index (κ1) is 23.7. The maximum Gasteiger partial charge on any atom is 0.245 e. The second kappa shape index (κ2) is 8.04. The van der Waals surface area contributed by atoms with Crippen molar-refractivity contribution in [1.82, 2.24) is 20.7 Å². The molecule has 4 heterocycles. The van der Waals surface area contributed by atoms with E-state index in [4.69, 9.17) is 4.98 Å². The Kier molecular flexibility index (Phi) is 5.14. The van der Waals surface area contributed by atoms with E-state index in [-0.39, 0.29) is 16.7 Å². The van der Waals surface area contributed by atoms with Gasteiger partial charge in [0, 0.05) is 56.0 Å². The van der Waals surface area contributed by atoms with Crippen LogP contribution in [0.3, 0.4) is 0 Å². The number of nitriles is 1. The molecule has 4 unspecified atom stereocenters. The van der Waals surface area contributed by atoms with Gasteiger partial charge in [-0.25, -0.2) is 4.98 Å². The molecule has 3 saturated heterocycles. The van der Waals surface area contributed by atoms with Gasteiger partial charge in [-0.2, -0.15) is 5.26 Å². The van der Waals surface area contributed by atoms with Crippen molar-refractivity contribution in [3.05, 3.63) is 35.0 Å². The molecule has 37 heavy (non-hydrogen) atoms. The first-order chi connectivity index (χ1) is 17.8. The molecule has 7 aliphatic rings. The molecule has 0 aromatic carbocycles. The third kappa shape index (κ3) is 3.24. The van der Waals surface area contributed by atoms with Crippen molar-refractivity contribution in [2.24, 2.45) is 28.6 Å². The van der Waals surface area contributed by atoms with Gasteiger partial charge < -0.3 is 9.80 Å². The molecule has 1 amide bonds. The number of rotatable bonds is 3. The van der Waals surface area contributed by atoms with Gasteiger partial charge in [-0.1, -0.05) is 27.4 Å². The Morgan fingerprint density at radius 1 is 1.27 bits per heavy atom. The lowest BCUT2D eigenvalue weighted by molar-refractivity contribution is -0.136. The highest BCUT2D eigenvalue weighted by Gasteiger charge is 2.56. The molecule has 4 aliphatic carbocycles. The van der Waals surface area contributed by atoms with Gasteiger partial charge in [0.05, 0.1) is 11.3 Å². The molecule has 6 atom stereocenters. The van der Waals surface area contributed by atoms with Gasteiger partial charge >= 0.3 is 0 Å².